The van der Waals surface area contributed by atoms with Gasteiger partial charge in [0.25, 0.3) is 5.69 Å². The van der Waals surface area contributed by atoms with E-state index in [0.717, 1.165) is 0 Å². The third-order valence-electron chi connectivity index (χ3n) is 2.76. The van der Waals surface area contributed by atoms with Gasteiger partial charge >= 0.3 is 0 Å². The molecule has 0 amide bonds. The molecule has 2 unspecified atom stereocenters. The van der Waals surface area contributed by atoms with E-state index in [1.54, 1.807) is 6.26 Å². The quantitative estimate of drug-likeness (QED) is 0.635. The minimum Gasteiger partial charge on any atom is -0.379 e. The van der Waals surface area contributed by atoms with Crippen molar-refractivity contribution >= 4 is 22.2 Å². The highest BCUT2D eigenvalue weighted by molar-refractivity contribution is 7.84. The lowest BCUT2D eigenvalue weighted by molar-refractivity contribution is -0.384. The van der Waals surface area contributed by atoms with E-state index in [2.05, 4.69) is 5.32 Å². The second kappa shape index (κ2) is 6.85. The van der Waals surface area contributed by atoms with Crippen molar-refractivity contribution in [2.45, 2.75) is 18.6 Å². The zero-order valence-electron chi connectivity index (χ0n) is 10.8. The predicted octanol–water partition coefficient (Wildman–Crippen LogP) is 2.04. The molecule has 7 heteroatoms. The van der Waals surface area contributed by atoms with Crippen LogP contribution in [0.3, 0.4) is 0 Å². The largest absolute Gasteiger partial charge is 0.379 e. The number of hydrogen-bond donors (Lipinski definition) is 1. The van der Waals surface area contributed by atoms with Gasteiger partial charge in [-0.25, -0.2) is 0 Å². The van der Waals surface area contributed by atoms with Crippen molar-refractivity contribution in [3.63, 3.8) is 0 Å². The molecule has 0 bridgehead atoms. The maximum absolute atomic E-state index is 11.2. The first-order valence-corrected chi connectivity index (χ1v) is 7.32. The van der Waals surface area contributed by atoms with Gasteiger partial charge in [0.2, 0.25) is 0 Å². The molecule has 2 atom stereocenters. The van der Waals surface area contributed by atoms with Gasteiger partial charge in [-0.05, 0) is 18.6 Å². The Morgan fingerprint density at radius 1 is 1.58 bits per heavy atom. The molecule has 0 saturated heterocycles. The minimum absolute atomic E-state index is 0.0323. The molecule has 0 saturated carbocycles. The van der Waals surface area contributed by atoms with Crippen molar-refractivity contribution in [2.75, 3.05) is 18.1 Å². The number of hydrogen-bond acceptors (Lipinski definition) is 5. The van der Waals surface area contributed by atoms with E-state index in [1.807, 2.05) is 13.0 Å². The molecule has 19 heavy (non-hydrogen) atoms. The molecule has 0 spiro atoms. The van der Waals surface area contributed by atoms with Crippen LogP contribution in [0.1, 0.15) is 18.9 Å². The van der Waals surface area contributed by atoms with Crippen molar-refractivity contribution in [2.24, 2.45) is 0 Å². The molecular formula is C12H15N3O3S. The highest BCUT2D eigenvalue weighted by atomic mass is 32.2. The fourth-order valence-electron chi connectivity index (χ4n) is 1.48. The van der Waals surface area contributed by atoms with Crippen molar-refractivity contribution in [1.29, 1.82) is 5.26 Å². The second-order valence-corrected chi connectivity index (χ2v) is 5.93. The topological polar surface area (TPSA) is 96.0 Å². The zero-order chi connectivity index (χ0) is 14.4. The monoisotopic (exact) mass is 281 g/mol. The molecule has 1 rings (SSSR count). The van der Waals surface area contributed by atoms with Gasteiger partial charge in [0, 0.05) is 34.9 Å². The van der Waals surface area contributed by atoms with Crippen LogP contribution in [0.15, 0.2) is 18.2 Å². The van der Waals surface area contributed by atoms with Gasteiger partial charge in [0.1, 0.15) is 5.69 Å². The zero-order valence-corrected chi connectivity index (χ0v) is 11.6. The number of nitro groups is 1. The van der Waals surface area contributed by atoms with Crippen LogP contribution in [0.5, 0.6) is 0 Å². The summed E-state index contributed by atoms with van der Waals surface area (Å²) in [4.78, 5) is 10.4. The number of nitrogens with one attached hydrogen (secondary N) is 1. The van der Waals surface area contributed by atoms with E-state index in [9.17, 15) is 14.3 Å². The van der Waals surface area contributed by atoms with Crippen molar-refractivity contribution < 1.29 is 9.13 Å². The first-order chi connectivity index (χ1) is 8.95. The maximum atomic E-state index is 11.2. The Bertz CT molecular complexity index is 540. The molecule has 0 radical (unpaired) electrons. The number of benzene rings is 1. The summed E-state index contributed by atoms with van der Waals surface area (Å²) in [6.45, 7) is 2.36. The molecule has 1 N–H and O–H groups in total. The summed E-state index contributed by atoms with van der Waals surface area (Å²) in [6.07, 6.45) is 2.29. The SMILES string of the molecule is CC(CCNc1ccc(C#N)cc1[N+](=O)[O-])S(C)=O. The number of anilines is 1. The molecule has 0 aliphatic carbocycles. The summed E-state index contributed by atoms with van der Waals surface area (Å²) >= 11 is 0. The summed E-state index contributed by atoms with van der Waals surface area (Å²) < 4.78 is 11.2. The van der Waals surface area contributed by atoms with E-state index in [1.165, 1.54) is 18.2 Å². The molecule has 6 nitrogen and oxygen atoms in total. The normalized spacial score (nSPS) is 13.3. The summed E-state index contributed by atoms with van der Waals surface area (Å²) in [6, 6.07) is 6.15. The van der Waals surface area contributed by atoms with Crippen molar-refractivity contribution in [3.8, 4) is 6.07 Å². The summed E-state index contributed by atoms with van der Waals surface area (Å²) in [5.41, 5.74) is 0.502. The van der Waals surface area contributed by atoms with Gasteiger partial charge in [-0.2, -0.15) is 5.26 Å². The lowest BCUT2D eigenvalue weighted by Gasteiger charge is -2.10. The fourth-order valence-corrected chi connectivity index (χ4v) is 1.93. The Morgan fingerprint density at radius 2 is 2.26 bits per heavy atom. The van der Waals surface area contributed by atoms with E-state index < -0.39 is 15.7 Å². The number of nitro benzene ring substituents is 1. The van der Waals surface area contributed by atoms with Gasteiger partial charge in [0.05, 0.1) is 16.6 Å². The Labute approximate surface area is 114 Å². The van der Waals surface area contributed by atoms with Gasteiger partial charge in [0.15, 0.2) is 0 Å². The van der Waals surface area contributed by atoms with Crippen LogP contribution in [0.2, 0.25) is 0 Å². The Morgan fingerprint density at radius 3 is 2.79 bits per heavy atom. The average molecular weight is 281 g/mol. The van der Waals surface area contributed by atoms with Crippen LogP contribution in [0, 0.1) is 21.4 Å². The smallest absolute Gasteiger partial charge is 0.293 e. The highest BCUT2D eigenvalue weighted by Crippen LogP contribution is 2.25. The van der Waals surface area contributed by atoms with E-state index in [0.29, 0.717) is 18.7 Å². The summed E-state index contributed by atoms with van der Waals surface area (Å²) in [7, 11) is -0.904. The molecule has 0 aliphatic heterocycles. The molecule has 0 heterocycles. The maximum Gasteiger partial charge on any atom is 0.293 e. The van der Waals surface area contributed by atoms with E-state index in [4.69, 9.17) is 5.26 Å². The third kappa shape index (κ3) is 4.34. The second-order valence-electron chi connectivity index (χ2n) is 4.13. The van der Waals surface area contributed by atoms with Crippen LogP contribution in [0.4, 0.5) is 11.4 Å². The van der Waals surface area contributed by atoms with Crippen LogP contribution < -0.4 is 5.32 Å². The first-order valence-electron chi connectivity index (χ1n) is 5.70. The summed E-state index contributed by atoms with van der Waals surface area (Å²) in [5.74, 6) is 0. The van der Waals surface area contributed by atoms with Gasteiger partial charge in [-0.3, -0.25) is 14.3 Å². The molecule has 1 aromatic rings. The first kappa shape index (κ1) is 15.1. The van der Waals surface area contributed by atoms with E-state index >= 15 is 0 Å². The van der Waals surface area contributed by atoms with Crippen LogP contribution in [-0.2, 0) is 10.8 Å². The van der Waals surface area contributed by atoms with Crippen LogP contribution in [0.25, 0.3) is 0 Å². The molecule has 0 aliphatic rings. The molecule has 0 fully saturated rings. The molecule has 1 aromatic carbocycles. The van der Waals surface area contributed by atoms with Gasteiger partial charge in [-0.1, -0.05) is 6.92 Å². The predicted molar refractivity (Wildman–Crippen MR) is 74.4 cm³/mol. The van der Waals surface area contributed by atoms with Crippen LogP contribution in [-0.4, -0.2) is 27.2 Å². The standard InChI is InChI=1S/C12H15N3O3S/c1-9(19(2)18)5-6-14-11-4-3-10(8-13)7-12(11)15(16)17/h3-4,7,9,14H,5-6H2,1-2H3. The average Bonchev–Trinajstić information content (AvgIpc) is 2.38. The van der Waals surface area contributed by atoms with E-state index in [-0.39, 0.29) is 16.5 Å². The van der Waals surface area contributed by atoms with Crippen LogP contribution >= 0.6 is 0 Å². The lowest BCUT2D eigenvalue weighted by atomic mass is 10.2. The number of nitrogens with zero attached hydrogens (tertiary/aromatic N) is 2. The summed E-state index contributed by atoms with van der Waals surface area (Å²) in [5, 5.41) is 22.6. The lowest BCUT2D eigenvalue weighted by Crippen LogP contribution is -2.15. The van der Waals surface area contributed by atoms with Crippen molar-refractivity contribution in [1.82, 2.24) is 0 Å². The number of rotatable bonds is 6. The Kier molecular flexibility index (Phi) is 5.45. The van der Waals surface area contributed by atoms with Gasteiger partial charge in [-0.15, -0.1) is 0 Å². The Balaban J connectivity index is 2.76. The molecule has 0 aromatic heterocycles. The molecular weight excluding hydrogens is 266 g/mol. The minimum atomic E-state index is -0.904. The Hall–Kier alpha value is -1.94. The molecule has 102 valence electrons. The number of nitriles is 1. The third-order valence-corrected chi connectivity index (χ3v) is 4.13. The van der Waals surface area contributed by atoms with Crippen molar-refractivity contribution in [3.05, 3.63) is 33.9 Å². The van der Waals surface area contributed by atoms with Gasteiger partial charge < -0.3 is 5.32 Å². The fraction of sp³-hybridized carbons (Fsp3) is 0.417. The highest BCUT2D eigenvalue weighted by Gasteiger charge is 2.14.